The molecule has 0 aliphatic heterocycles. The maximum atomic E-state index is 5.45. The summed E-state index contributed by atoms with van der Waals surface area (Å²) < 4.78 is 0. The van der Waals surface area contributed by atoms with Crippen molar-refractivity contribution in [3.05, 3.63) is 0 Å². The van der Waals surface area contributed by atoms with Crippen LogP contribution in [0.15, 0.2) is 0 Å². The lowest BCUT2D eigenvalue weighted by Gasteiger charge is -1.97. The second-order valence-corrected chi connectivity index (χ2v) is 5.55. The maximum Gasteiger partial charge on any atom is 0.306 e. The molecule has 0 radical (unpaired) electrons. The summed E-state index contributed by atoms with van der Waals surface area (Å²) in [6.07, 6.45) is 1.10. The molecule has 0 aromatic rings. The molecule has 1 N–H and O–H groups in total. The summed E-state index contributed by atoms with van der Waals surface area (Å²) in [7, 11) is -1.49. The van der Waals surface area contributed by atoms with Crippen LogP contribution >= 0.6 is 22.2 Å². The molecule has 0 saturated heterocycles. The summed E-state index contributed by atoms with van der Waals surface area (Å²) in [6, 6.07) is 0. The lowest BCUT2D eigenvalue weighted by atomic mass is 10.5. The highest BCUT2D eigenvalue weighted by molar-refractivity contribution is 7.32. The van der Waals surface area contributed by atoms with Crippen molar-refractivity contribution in [2.45, 2.75) is 13.3 Å². The molecule has 7 heavy (non-hydrogen) atoms. The van der Waals surface area contributed by atoms with Crippen LogP contribution in [0.1, 0.15) is 13.3 Å². The number of halogens is 2. The van der Waals surface area contributed by atoms with Crippen molar-refractivity contribution in [2.24, 2.45) is 0 Å². The van der Waals surface area contributed by atoms with Crippen LogP contribution in [0.4, 0.5) is 0 Å². The molecule has 0 heterocycles. The minimum atomic E-state index is -1.49. The predicted molar refractivity (Wildman–Crippen MR) is 37.1 cm³/mol. The van der Waals surface area contributed by atoms with Crippen molar-refractivity contribution in [3.8, 4) is 0 Å². The fraction of sp³-hybridized carbons (Fsp3) is 1.00. The van der Waals surface area contributed by atoms with Gasteiger partial charge in [0.2, 0.25) is 0 Å². The first kappa shape index (κ1) is 7.76. The molecular weight excluding hydrogens is 149 g/mol. The summed E-state index contributed by atoms with van der Waals surface area (Å²) in [5.41, 5.74) is 0. The van der Waals surface area contributed by atoms with E-state index in [1.54, 1.807) is 0 Å². The zero-order chi connectivity index (χ0) is 5.70. The van der Waals surface area contributed by atoms with Crippen molar-refractivity contribution in [1.82, 2.24) is 4.98 Å². The van der Waals surface area contributed by atoms with E-state index in [-0.39, 0.29) is 0 Å². The second kappa shape index (κ2) is 4.90. The summed E-state index contributed by atoms with van der Waals surface area (Å²) in [5, 5.41) is 0. The topological polar surface area (TPSA) is 12.0 Å². The highest BCUT2D eigenvalue weighted by Gasteiger charge is 1.95. The Bertz CT molecular complexity index is 41.9. The number of rotatable bonds is 3. The van der Waals surface area contributed by atoms with Gasteiger partial charge >= 0.3 is 7.58 Å². The van der Waals surface area contributed by atoms with E-state index in [9.17, 15) is 0 Å². The van der Waals surface area contributed by atoms with E-state index in [1.165, 1.54) is 0 Å². The van der Waals surface area contributed by atoms with Gasteiger partial charge in [0.25, 0.3) is 0 Å². The lowest BCUT2D eigenvalue weighted by Crippen LogP contribution is -2.23. The molecule has 0 spiro atoms. The Morgan fingerprint density at radius 1 is 1.57 bits per heavy atom. The van der Waals surface area contributed by atoms with Crippen molar-refractivity contribution in [3.63, 3.8) is 0 Å². The quantitative estimate of drug-likeness (QED) is 0.480. The van der Waals surface area contributed by atoms with Gasteiger partial charge in [0.1, 0.15) is 0 Å². The van der Waals surface area contributed by atoms with E-state index in [1.807, 2.05) is 0 Å². The first-order chi connectivity index (χ1) is 3.27. The third-order valence-corrected chi connectivity index (χ3v) is 2.07. The summed E-state index contributed by atoms with van der Waals surface area (Å²) >= 11 is 10.9. The molecule has 0 aliphatic rings. The summed E-state index contributed by atoms with van der Waals surface area (Å²) in [5.74, 6) is 0. The van der Waals surface area contributed by atoms with Crippen LogP contribution in [-0.4, -0.2) is 14.1 Å². The molecule has 0 aromatic carbocycles. The molecule has 0 atom stereocenters. The second-order valence-electron chi connectivity index (χ2n) is 1.25. The van der Waals surface area contributed by atoms with Crippen molar-refractivity contribution < 1.29 is 0 Å². The Morgan fingerprint density at radius 2 is 2.14 bits per heavy atom. The lowest BCUT2D eigenvalue weighted by molar-refractivity contribution is 0.864. The highest BCUT2D eigenvalue weighted by Crippen LogP contribution is 1.88. The van der Waals surface area contributed by atoms with Crippen LogP contribution in [-0.2, 0) is 0 Å². The fourth-order valence-electron chi connectivity index (χ4n) is 0.253. The van der Waals surface area contributed by atoms with E-state index in [4.69, 9.17) is 22.2 Å². The average Bonchev–Trinajstić information content (AvgIpc) is 1.61. The van der Waals surface area contributed by atoms with E-state index in [2.05, 4.69) is 11.9 Å². The molecule has 0 aliphatic carbocycles. The van der Waals surface area contributed by atoms with E-state index >= 15 is 0 Å². The van der Waals surface area contributed by atoms with E-state index < -0.39 is 7.58 Å². The van der Waals surface area contributed by atoms with Crippen LogP contribution in [0.25, 0.3) is 0 Å². The normalized spacial score (nSPS) is 10.3. The third kappa shape index (κ3) is 6.76. The van der Waals surface area contributed by atoms with Gasteiger partial charge in [-0.1, -0.05) is 6.92 Å². The van der Waals surface area contributed by atoms with Crippen LogP contribution in [0, 0.1) is 0 Å². The fourth-order valence-corrected chi connectivity index (χ4v) is 1.41. The molecule has 0 bridgehead atoms. The van der Waals surface area contributed by atoms with Crippen molar-refractivity contribution in [2.75, 3.05) is 6.54 Å². The van der Waals surface area contributed by atoms with Gasteiger partial charge in [-0.05, 0) is 13.0 Å². The van der Waals surface area contributed by atoms with Gasteiger partial charge < -0.3 is 4.98 Å². The molecule has 0 fully saturated rings. The molecule has 44 valence electrons. The first-order valence-corrected chi connectivity index (χ1v) is 6.35. The largest absolute Gasteiger partial charge is 0.316 e. The van der Waals surface area contributed by atoms with E-state index in [0.717, 1.165) is 13.0 Å². The van der Waals surface area contributed by atoms with E-state index in [0.29, 0.717) is 0 Å². The molecule has 1 nitrogen and oxygen atoms in total. The standard InChI is InChI=1S/C3H9Cl2NSi/c1-2-3-6-7(4)5/h6-7H,2-3H2,1H3. The number of hydrogen-bond donors (Lipinski definition) is 1. The van der Waals surface area contributed by atoms with Crippen LogP contribution in [0.5, 0.6) is 0 Å². The van der Waals surface area contributed by atoms with Gasteiger partial charge in [-0.3, -0.25) is 0 Å². The Balaban J connectivity index is 2.68. The molecule has 0 amide bonds. The van der Waals surface area contributed by atoms with Gasteiger partial charge in [-0.2, -0.15) is 0 Å². The maximum absolute atomic E-state index is 5.45. The monoisotopic (exact) mass is 157 g/mol. The van der Waals surface area contributed by atoms with Gasteiger partial charge in [0.15, 0.2) is 0 Å². The van der Waals surface area contributed by atoms with Crippen LogP contribution in [0.2, 0.25) is 0 Å². The molecule has 0 aromatic heterocycles. The minimum Gasteiger partial charge on any atom is -0.316 e. The SMILES string of the molecule is CCCN[SiH](Cl)Cl. The van der Waals surface area contributed by atoms with Gasteiger partial charge in [0.05, 0.1) is 0 Å². The molecule has 4 heteroatoms. The first-order valence-electron chi connectivity index (χ1n) is 2.29. The van der Waals surface area contributed by atoms with Gasteiger partial charge in [-0.25, -0.2) is 0 Å². The Labute approximate surface area is 55.1 Å². The van der Waals surface area contributed by atoms with Crippen LogP contribution < -0.4 is 4.98 Å². The Kier molecular flexibility index (Phi) is 5.44. The number of nitrogens with one attached hydrogen (secondary N) is 1. The third-order valence-electron chi connectivity index (χ3n) is 0.549. The van der Waals surface area contributed by atoms with Crippen molar-refractivity contribution in [1.29, 1.82) is 0 Å². The smallest absolute Gasteiger partial charge is 0.306 e. The zero-order valence-electron chi connectivity index (χ0n) is 4.25. The molecule has 0 unspecified atom stereocenters. The van der Waals surface area contributed by atoms with Crippen LogP contribution in [0.3, 0.4) is 0 Å². The molecular formula is C3H9Cl2NSi. The zero-order valence-corrected chi connectivity index (χ0v) is 6.91. The summed E-state index contributed by atoms with van der Waals surface area (Å²) in [4.78, 5) is 2.96. The molecule has 0 rings (SSSR count). The Morgan fingerprint density at radius 3 is 2.29 bits per heavy atom. The number of hydrogen-bond acceptors (Lipinski definition) is 1. The van der Waals surface area contributed by atoms with Gasteiger partial charge in [0, 0.05) is 0 Å². The Hall–Kier alpha value is 0.757. The molecule has 0 saturated carbocycles. The summed E-state index contributed by atoms with van der Waals surface area (Å²) in [6.45, 7) is 3.03. The van der Waals surface area contributed by atoms with Crippen molar-refractivity contribution >= 4 is 29.7 Å². The predicted octanol–water partition coefficient (Wildman–Crippen LogP) is 1.18. The highest BCUT2D eigenvalue weighted by atomic mass is 35.7. The van der Waals surface area contributed by atoms with Gasteiger partial charge in [-0.15, -0.1) is 22.2 Å². The average molecular weight is 158 g/mol. The minimum absolute atomic E-state index is 0.948.